The van der Waals surface area contributed by atoms with E-state index in [0.717, 1.165) is 25.3 Å². The van der Waals surface area contributed by atoms with E-state index >= 15 is 0 Å². The van der Waals surface area contributed by atoms with E-state index in [2.05, 4.69) is 34.1 Å². The number of hydrogen-bond donors (Lipinski definition) is 0. The second kappa shape index (κ2) is 4.17. The van der Waals surface area contributed by atoms with Gasteiger partial charge in [-0.2, -0.15) is 0 Å². The molecule has 0 fully saturated rings. The van der Waals surface area contributed by atoms with Crippen molar-refractivity contribution in [3.8, 4) is 0 Å². The van der Waals surface area contributed by atoms with Gasteiger partial charge < -0.3 is 0 Å². The predicted octanol–water partition coefficient (Wildman–Crippen LogP) is 0.925. The molecule has 0 nitrogen and oxygen atoms in total. The third kappa shape index (κ3) is 2.54. The van der Waals surface area contributed by atoms with Gasteiger partial charge in [0.1, 0.15) is 0 Å². The fourth-order valence-electron chi connectivity index (χ4n) is 0.347. The summed E-state index contributed by atoms with van der Waals surface area (Å²) in [5, 5.41) is 0. The molecule has 0 aromatic carbocycles. The molecular weight excluding hydrogens is 230 g/mol. The van der Waals surface area contributed by atoms with Gasteiger partial charge in [-0.15, -0.1) is 0 Å². The molecule has 42 valence electrons. The molecule has 0 aliphatic heterocycles. The van der Waals surface area contributed by atoms with Crippen molar-refractivity contribution < 1.29 is 0 Å². The molecule has 2 heteroatoms. The van der Waals surface area contributed by atoms with Crippen LogP contribution in [0.3, 0.4) is 0 Å². The molecule has 8 heavy (non-hydrogen) atoms. The Morgan fingerprint density at radius 2 is 1.12 bits per heavy atom. The maximum atomic E-state index is 2.27. The topological polar surface area (TPSA) is 0 Å². The summed E-state index contributed by atoms with van der Waals surface area (Å²) in [4.78, 5) is 4.54. The normalized spacial score (nSPS) is 8.00. The van der Waals surface area contributed by atoms with Crippen molar-refractivity contribution in [1.82, 2.24) is 0 Å². The molecule has 0 spiro atoms. The average Bonchev–Trinajstić information content (AvgIpc) is 1.62. The van der Waals surface area contributed by atoms with Gasteiger partial charge in [-0.25, -0.2) is 0 Å². The molecule has 0 amide bonds. The standard InChI is InChI=1S/C6H6Se2/c1-2-4-6-8-7-5-3-1/h1-6H. The molecule has 0 saturated carbocycles. The Kier molecular flexibility index (Phi) is 3.32. The van der Waals surface area contributed by atoms with E-state index in [-0.39, 0.29) is 0 Å². The molecule has 0 N–H and O–H groups in total. The van der Waals surface area contributed by atoms with Crippen LogP contribution in [0.1, 0.15) is 0 Å². The second-order valence-electron chi connectivity index (χ2n) is 1.23. The zero-order valence-corrected chi connectivity index (χ0v) is 7.71. The SMILES string of the molecule is c1ccc[se][se]cc1. The molecule has 1 aromatic heterocycles. The van der Waals surface area contributed by atoms with Gasteiger partial charge in [0.05, 0.1) is 0 Å². The average molecular weight is 236 g/mol. The summed E-state index contributed by atoms with van der Waals surface area (Å²) in [5.41, 5.74) is 0. The third-order valence-electron chi connectivity index (χ3n) is 0.657. The molecule has 0 saturated heterocycles. The Morgan fingerprint density at radius 3 is 1.62 bits per heavy atom. The van der Waals surface area contributed by atoms with E-state index in [1.807, 2.05) is 0 Å². The molecule has 0 unspecified atom stereocenters. The van der Waals surface area contributed by atoms with Crippen LogP contribution in [0.2, 0.25) is 0 Å². The summed E-state index contributed by atoms with van der Waals surface area (Å²) in [7, 11) is 0. The van der Waals surface area contributed by atoms with Crippen molar-refractivity contribution in [2.75, 3.05) is 0 Å². The maximum absolute atomic E-state index is 2.27. The Balaban J connectivity index is 3.00. The summed E-state index contributed by atoms with van der Waals surface area (Å²) in [6.07, 6.45) is 0. The van der Waals surface area contributed by atoms with Crippen molar-refractivity contribution in [1.29, 1.82) is 0 Å². The Morgan fingerprint density at radius 1 is 0.625 bits per heavy atom. The zero-order chi connectivity index (χ0) is 5.66. The van der Waals surface area contributed by atoms with Crippen LogP contribution in [0.5, 0.6) is 0 Å². The Hall–Kier alpha value is 0.259. The van der Waals surface area contributed by atoms with Crippen LogP contribution in [-0.4, -0.2) is 25.3 Å². The molecule has 0 aliphatic rings. The van der Waals surface area contributed by atoms with Crippen LogP contribution in [-0.2, 0) is 0 Å². The van der Waals surface area contributed by atoms with E-state index in [1.54, 1.807) is 0 Å². The van der Waals surface area contributed by atoms with Crippen LogP contribution < -0.4 is 0 Å². The van der Waals surface area contributed by atoms with Crippen molar-refractivity contribution >= 4 is 25.3 Å². The van der Waals surface area contributed by atoms with E-state index in [1.165, 1.54) is 0 Å². The fourth-order valence-corrected chi connectivity index (χ4v) is 4.06. The minimum absolute atomic E-state index is 0.772. The van der Waals surface area contributed by atoms with Crippen molar-refractivity contribution in [2.45, 2.75) is 0 Å². The Labute approximate surface area is 59.5 Å². The second-order valence-corrected chi connectivity index (χ2v) is 7.38. The first-order valence-electron chi connectivity index (χ1n) is 2.30. The molecule has 0 bridgehead atoms. The van der Waals surface area contributed by atoms with Crippen LogP contribution in [0.15, 0.2) is 34.1 Å². The number of rotatable bonds is 0. The van der Waals surface area contributed by atoms with Crippen LogP contribution >= 0.6 is 0 Å². The number of hydrogen-bond acceptors (Lipinski definition) is 0. The van der Waals surface area contributed by atoms with Crippen molar-refractivity contribution in [2.24, 2.45) is 0 Å². The zero-order valence-electron chi connectivity index (χ0n) is 4.28. The molecule has 0 atom stereocenters. The third-order valence-corrected chi connectivity index (χ3v) is 5.65. The van der Waals surface area contributed by atoms with Gasteiger partial charge in [-0.05, 0) is 0 Å². The summed E-state index contributed by atoms with van der Waals surface area (Å²) in [5.74, 6) is 0. The van der Waals surface area contributed by atoms with E-state index in [9.17, 15) is 0 Å². The summed E-state index contributed by atoms with van der Waals surface area (Å²) < 4.78 is 0. The van der Waals surface area contributed by atoms with E-state index < -0.39 is 0 Å². The van der Waals surface area contributed by atoms with Crippen molar-refractivity contribution in [3.05, 3.63) is 34.1 Å². The quantitative estimate of drug-likeness (QED) is 0.588. The van der Waals surface area contributed by atoms with Crippen molar-refractivity contribution in [3.63, 3.8) is 0 Å². The Bertz CT molecular complexity index is 111. The minimum atomic E-state index is 0.772. The van der Waals surface area contributed by atoms with Gasteiger partial charge in [0, 0.05) is 0 Å². The van der Waals surface area contributed by atoms with Crippen LogP contribution in [0.25, 0.3) is 0 Å². The molecular formula is C6H6Se2. The summed E-state index contributed by atoms with van der Waals surface area (Å²) in [6.45, 7) is 0. The first kappa shape index (κ1) is 6.38. The van der Waals surface area contributed by atoms with Crippen LogP contribution in [0.4, 0.5) is 0 Å². The monoisotopic (exact) mass is 238 g/mol. The van der Waals surface area contributed by atoms with Gasteiger partial charge in [-0.3, -0.25) is 0 Å². The first-order valence-corrected chi connectivity index (χ1v) is 8.62. The molecule has 0 radical (unpaired) electrons. The summed E-state index contributed by atoms with van der Waals surface area (Å²) >= 11 is 1.54. The predicted molar refractivity (Wildman–Crippen MR) is 38.0 cm³/mol. The summed E-state index contributed by atoms with van der Waals surface area (Å²) in [6, 6.07) is 8.41. The van der Waals surface area contributed by atoms with Gasteiger partial charge in [0.15, 0.2) is 0 Å². The molecule has 1 aromatic rings. The molecule has 0 aliphatic carbocycles. The fraction of sp³-hybridized carbons (Fsp3) is 0. The van der Waals surface area contributed by atoms with Gasteiger partial charge in [0.25, 0.3) is 0 Å². The van der Waals surface area contributed by atoms with Gasteiger partial charge in [0.2, 0.25) is 0 Å². The van der Waals surface area contributed by atoms with E-state index in [0.29, 0.717) is 0 Å². The van der Waals surface area contributed by atoms with Gasteiger partial charge >= 0.3 is 59.4 Å². The first-order chi connectivity index (χ1) is 4.00. The molecule has 1 heterocycles. The van der Waals surface area contributed by atoms with Gasteiger partial charge in [-0.1, -0.05) is 0 Å². The van der Waals surface area contributed by atoms with Crippen LogP contribution in [0, 0.1) is 0 Å². The van der Waals surface area contributed by atoms with E-state index in [4.69, 9.17) is 0 Å². The molecule has 1 rings (SSSR count).